The lowest BCUT2D eigenvalue weighted by Gasteiger charge is -2.36. The SMILES string of the molecule is CCC1(CNC(N)=NC)C#CC2CCCC3CC(CCN3)Oc3cc(c(CO)cc3O)CC2C(OC(C)=O)CC(O)CC1. The number of hydrogen-bond acceptors (Lipinski definition) is 8. The minimum absolute atomic E-state index is 0.00197. The molecule has 1 aliphatic carbocycles. The number of aromatic hydroxyl groups is 1. The number of aliphatic imine (C=N–C) groups is 1. The van der Waals surface area contributed by atoms with Crippen LogP contribution in [0.1, 0.15) is 82.8 Å². The van der Waals surface area contributed by atoms with Crippen molar-refractivity contribution in [2.75, 3.05) is 20.1 Å². The van der Waals surface area contributed by atoms with E-state index in [0.717, 1.165) is 50.6 Å². The summed E-state index contributed by atoms with van der Waals surface area (Å²) in [5.74, 6) is 7.24. The van der Waals surface area contributed by atoms with E-state index < -0.39 is 23.6 Å². The van der Waals surface area contributed by atoms with Gasteiger partial charge in [0.25, 0.3) is 0 Å². The molecule has 10 nitrogen and oxygen atoms in total. The Morgan fingerprint density at radius 2 is 2.09 bits per heavy atom. The summed E-state index contributed by atoms with van der Waals surface area (Å²) < 4.78 is 12.3. The predicted octanol–water partition coefficient (Wildman–Crippen LogP) is 2.75. The molecule has 43 heavy (non-hydrogen) atoms. The van der Waals surface area contributed by atoms with Crippen LogP contribution in [0.5, 0.6) is 11.5 Å². The van der Waals surface area contributed by atoms with E-state index in [1.165, 1.54) is 6.92 Å². The number of esters is 1. The van der Waals surface area contributed by atoms with Crippen LogP contribution in [0.3, 0.4) is 0 Å². The molecule has 7 unspecified atom stereocenters. The van der Waals surface area contributed by atoms with Gasteiger partial charge < -0.3 is 41.2 Å². The zero-order valence-corrected chi connectivity index (χ0v) is 25.9. The van der Waals surface area contributed by atoms with Crippen molar-refractivity contribution in [3.8, 4) is 23.3 Å². The highest BCUT2D eigenvalue weighted by atomic mass is 16.5. The lowest BCUT2D eigenvalue weighted by molar-refractivity contribution is -0.152. The van der Waals surface area contributed by atoms with Crippen LogP contribution >= 0.6 is 0 Å². The smallest absolute Gasteiger partial charge is 0.302 e. The van der Waals surface area contributed by atoms with E-state index in [1.54, 1.807) is 13.1 Å². The van der Waals surface area contributed by atoms with Crippen molar-refractivity contribution >= 4 is 11.9 Å². The molecule has 2 heterocycles. The first-order chi connectivity index (χ1) is 20.6. The molecule has 0 aromatic heterocycles. The molecule has 1 fully saturated rings. The summed E-state index contributed by atoms with van der Waals surface area (Å²) in [5, 5.41) is 39.2. The summed E-state index contributed by atoms with van der Waals surface area (Å²) in [7, 11) is 1.64. The molecular weight excluding hydrogens is 548 g/mol. The van der Waals surface area contributed by atoms with E-state index in [1.807, 2.05) is 6.07 Å². The molecule has 4 bridgehead atoms. The molecular formula is C33H50N4O6. The Kier molecular flexibility index (Phi) is 11.6. The molecule has 0 amide bonds. The van der Waals surface area contributed by atoms with Gasteiger partial charge in [0, 0.05) is 50.2 Å². The molecule has 0 saturated carbocycles. The summed E-state index contributed by atoms with van der Waals surface area (Å²) in [6, 6.07) is 3.69. The topological polar surface area (TPSA) is 159 Å². The maximum absolute atomic E-state index is 12.4. The van der Waals surface area contributed by atoms with E-state index in [0.29, 0.717) is 43.1 Å². The fourth-order valence-corrected chi connectivity index (χ4v) is 6.85. The van der Waals surface area contributed by atoms with Gasteiger partial charge in [0.2, 0.25) is 0 Å². The minimum Gasteiger partial charge on any atom is -0.504 e. The van der Waals surface area contributed by atoms with Gasteiger partial charge in [0.05, 0.1) is 12.7 Å². The van der Waals surface area contributed by atoms with E-state index in [2.05, 4.69) is 34.4 Å². The third-order valence-electron chi connectivity index (χ3n) is 9.54. The van der Waals surface area contributed by atoms with Gasteiger partial charge in [0.15, 0.2) is 17.5 Å². The number of nitrogens with one attached hydrogen (secondary N) is 2. The Morgan fingerprint density at radius 1 is 1.28 bits per heavy atom. The zero-order chi connectivity index (χ0) is 31.0. The summed E-state index contributed by atoms with van der Waals surface area (Å²) >= 11 is 0. The average Bonchev–Trinajstić information content (AvgIpc) is 2.99. The van der Waals surface area contributed by atoms with Crippen LogP contribution in [0.4, 0.5) is 0 Å². The number of nitrogens with two attached hydrogens (primary N) is 1. The van der Waals surface area contributed by atoms with Crippen molar-refractivity contribution < 1.29 is 29.6 Å². The number of benzene rings is 1. The summed E-state index contributed by atoms with van der Waals surface area (Å²) in [5.41, 5.74) is 6.97. The molecule has 4 rings (SSSR count). The molecule has 10 heteroatoms. The number of hydrogen-bond donors (Lipinski definition) is 6. The molecule has 1 aromatic carbocycles. The van der Waals surface area contributed by atoms with Gasteiger partial charge in [-0.25, -0.2) is 0 Å². The fraction of sp³-hybridized carbons (Fsp3) is 0.697. The van der Waals surface area contributed by atoms with E-state index in [4.69, 9.17) is 15.2 Å². The summed E-state index contributed by atoms with van der Waals surface area (Å²) in [6.45, 7) is 4.60. The number of phenolic OH excluding ortho intramolecular Hbond substituents is 1. The molecule has 7 atom stereocenters. The lowest BCUT2D eigenvalue weighted by Crippen LogP contribution is -2.42. The van der Waals surface area contributed by atoms with Crippen molar-refractivity contribution in [2.24, 2.45) is 28.0 Å². The van der Waals surface area contributed by atoms with Gasteiger partial charge in [0.1, 0.15) is 12.2 Å². The highest BCUT2D eigenvalue weighted by Gasteiger charge is 2.37. The monoisotopic (exact) mass is 598 g/mol. The van der Waals surface area contributed by atoms with Gasteiger partial charge in [-0.2, -0.15) is 0 Å². The number of ether oxygens (including phenoxy) is 2. The van der Waals surface area contributed by atoms with Crippen molar-refractivity contribution in [2.45, 2.75) is 109 Å². The Balaban J connectivity index is 1.83. The fourth-order valence-electron chi connectivity index (χ4n) is 6.85. The van der Waals surface area contributed by atoms with Crippen LogP contribution in [0.15, 0.2) is 17.1 Å². The van der Waals surface area contributed by atoms with Crippen LogP contribution < -0.4 is 21.1 Å². The second-order valence-electron chi connectivity index (χ2n) is 12.5. The standard InChI is InChI=1S/C33H50N4O6/c1-4-33(20-37-32(34)35-3)11-8-22-6-5-7-25-17-27(10-13-36-25)43-31-16-23(24(19-38)15-29(31)41)14-28(22)30(42-21(2)39)18-26(40)9-12-33/h15-16,22,25-28,30,36,38,40-41H,4-7,9-10,12-14,17-20H2,1-3H3,(H3,34,35,37). The van der Waals surface area contributed by atoms with Crippen LogP contribution in [0, 0.1) is 29.1 Å². The molecule has 0 radical (unpaired) electrons. The first-order valence-corrected chi connectivity index (χ1v) is 15.8. The van der Waals surface area contributed by atoms with E-state index >= 15 is 0 Å². The number of phenols is 1. The largest absolute Gasteiger partial charge is 0.504 e. The van der Waals surface area contributed by atoms with Gasteiger partial charge in [-0.05, 0) is 81.2 Å². The van der Waals surface area contributed by atoms with Crippen LogP contribution in [-0.4, -0.2) is 71.7 Å². The second kappa shape index (κ2) is 15.1. The van der Waals surface area contributed by atoms with Gasteiger partial charge in [-0.1, -0.05) is 25.2 Å². The normalized spacial score (nSPS) is 31.8. The van der Waals surface area contributed by atoms with Gasteiger partial charge in [-0.3, -0.25) is 9.79 Å². The number of aliphatic hydroxyl groups excluding tert-OH is 2. The van der Waals surface area contributed by atoms with Crippen LogP contribution in [0.2, 0.25) is 0 Å². The Bertz CT molecular complexity index is 1200. The third-order valence-corrected chi connectivity index (χ3v) is 9.54. The second-order valence-corrected chi connectivity index (χ2v) is 12.5. The summed E-state index contributed by atoms with van der Waals surface area (Å²) in [6.07, 6.45) is 5.69. The van der Waals surface area contributed by atoms with Crippen molar-refractivity contribution in [3.63, 3.8) is 0 Å². The lowest BCUT2D eigenvalue weighted by atomic mass is 9.73. The molecule has 0 spiro atoms. The Morgan fingerprint density at radius 3 is 2.81 bits per heavy atom. The Labute approximate surface area is 255 Å². The summed E-state index contributed by atoms with van der Waals surface area (Å²) in [4.78, 5) is 16.4. The number of guanidine groups is 1. The molecule has 1 aromatic rings. The highest BCUT2D eigenvalue weighted by Crippen LogP contribution is 2.39. The predicted molar refractivity (Wildman–Crippen MR) is 165 cm³/mol. The van der Waals surface area contributed by atoms with E-state index in [-0.39, 0.29) is 42.8 Å². The van der Waals surface area contributed by atoms with Gasteiger partial charge in [-0.15, -0.1) is 0 Å². The highest BCUT2D eigenvalue weighted by molar-refractivity contribution is 5.77. The van der Waals surface area contributed by atoms with Crippen molar-refractivity contribution in [3.05, 3.63) is 23.3 Å². The maximum atomic E-state index is 12.4. The first-order valence-electron chi connectivity index (χ1n) is 15.8. The van der Waals surface area contributed by atoms with E-state index in [9.17, 15) is 20.1 Å². The minimum atomic E-state index is -0.697. The molecule has 3 aliphatic rings. The maximum Gasteiger partial charge on any atom is 0.302 e. The average molecular weight is 599 g/mol. The number of carbonyl (C=O) groups excluding carboxylic acids is 1. The number of piperidine rings is 1. The Hall–Kier alpha value is -3.00. The third kappa shape index (κ3) is 8.78. The molecule has 1 saturated heterocycles. The van der Waals surface area contributed by atoms with Crippen LogP contribution in [0.25, 0.3) is 0 Å². The van der Waals surface area contributed by atoms with Crippen LogP contribution in [-0.2, 0) is 22.6 Å². The quantitative estimate of drug-likeness (QED) is 0.130. The number of rotatable bonds is 5. The first kappa shape index (κ1) is 32.9. The molecule has 2 aliphatic heterocycles. The van der Waals surface area contributed by atoms with Gasteiger partial charge >= 0.3 is 5.97 Å². The number of carbonyl (C=O) groups is 1. The van der Waals surface area contributed by atoms with Crippen molar-refractivity contribution in [1.29, 1.82) is 0 Å². The number of aliphatic hydroxyl groups is 2. The number of nitrogens with zero attached hydrogens (tertiary/aromatic N) is 1. The number of fused-ring (bicyclic) bond motifs is 5. The molecule has 238 valence electrons. The zero-order valence-electron chi connectivity index (χ0n) is 25.9. The van der Waals surface area contributed by atoms with Crippen molar-refractivity contribution in [1.82, 2.24) is 10.6 Å². The molecule has 7 N–H and O–H groups in total.